The quantitative estimate of drug-likeness (QED) is 0.594. The van der Waals surface area contributed by atoms with Crippen LogP contribution in [0.15, 0.2) is 29.3 Å². The summed E-state index contributed by atoms with van der Waals surface area (Å²) in [5.74, 6) is -0.803. The van der Waals surface area contributed by atoms with Crippen LogP contribution in [0.1, 0.15) is 5.56 Å². The molecule has 6 nitrogen and oxygen atoms in total. The van der Waals surface area contributed by atoms with Crippen LogP contribution in [-0.4, -0.2) is 33.1 Å². The normalized spacial score (nSPS) is 17.2. The molecule has 124 valence electrons. The molecule has 0 N–H and O–H groups in total. The van der Waals surface area contributed by atoms with E-state index in [4.69, 9.17) is 0 Å². The van der Waals surface area contributed by atoms with Crippen molar-refractivity contribution in [1.29, 1.82) is 0 Å². The maximum atomic E-state index is 12.5. The van der Waals surface area contributed by atoms with Crippen LogP contribution in [0.4, 0.5) is 13.2 Å². The molecule has 0 saturated carbocycles. The molecule has 0 fully saturated rings. The van der Waals surface area contributed by atoms with E-state index in [1.54, 1.807) is 0 Å². The predicted octanol–water partition coefficient (Wildman–Crippen LogP) is 1.79. The highest BCUT2D eigenvalue weighted by Gasteiger charge is 2.49. The van der Waals surface area contributed by atoms with Gasteiger partial charge in [0.15, 0.2) is 15.6 Å². The van der Waals surface area contributed by atoms with E-state index in [2.05, 4.69) is 9.17 Å². The molecule has 1 aromatic carbocycles. The number of aromatic nitrogens is 1. The van der Waals surface area contributed by atoms with E-state index in [-0.39, 0.29) is 33.5 Å². The summed E-state index contributed by atoms with van der Waals surface area (Å²) in [6.07, 6.45) is 1.13. The molecule has 1 aliphatic rings. The van der Waals surface area contributed by atoms with Gasteiger partial charge in [0, 0.05) is 17.6 Å². The first-order valence-corrected chi connectivity index (χ1v) is 9.23. The van der Waals surface area contributed by atoms with Crippen molar-refractivity contribution in [2.24, 2.45) is 0 Å². The van der Waals surface area contributed by atoms with Crippen molar-refractivity contribution < 1.29 is 34.2 Å². The molecule has 1 aromatic heterocycles. The molecular weight excluding hydrogens is 359 g/mol. The van der Waals surface area contributed by atoms with Crippen LogP contribution in [0, 0.1) is 0 Å². The number of aryl methyl sites for hydroxylation is 1. The topological polar surface area (TPSA) is 90.4 Å². The number of fused-ring (bicyclic) bond motifs is 3. The average Bonchev–Trinajstić information content (AvgIpc) is 2.73. The van der Waals surface area contributed by atoms with E-state index in [0.29, 0.717) is 0 Å². The Kier molecular flexibility index (Phi) is 3.34. The van der Waals surface area contributed by atoms with Gasteiger partial charge in [-0.15, -0.1) is 0 Å². The average molecular weight is 367 g/mol. The molecule has 0 spiro atoms. The van der Waals surface area contributed by atoms with Crippen LogP contribution >= 0.6 is 0 Å². The van der Waals surface area contributed by atoms with Gasteiger partial charge in [0.2, 0.25) is 0 Å². The fraction of sp³-hybridized carbons (Fsp3) is 0.250. The molecule has 0 bridgehead atoms. The van der Waals surface area contributed by atoms with E-state index in [0.717, 1.165) is 12.3 Å². The zero-order valence-electron chi connectivity index (χ0n) is 11.2. The van der Waals surface area contributed by atoms with E-state index in [9.17, 15) is 30.0 Å². The molecule has 0 aliphatic carbocycles. The molecule has 2 aromatic rings. The van der Waals surface area contributed by atoms with E-state index in [1.165, 1.54) is 12.1 Å². The van der Waals surface area contributed by atoms with Gasteiger partial charge in [-0.25, -0.2) is 8.42 Å². The zero-order chi connectivity index (χ0) is 17.0. The summed E-state index contributed by atoms with van der Waals surface area (Å²) in [4.78, 5) is 3.86. The number of halogens is 3. The summed E-state index contributed by atoms with van der Waals surface area (Å²) in [6.45, 7) is 0. The summed E-state index contributed by atoms with van der Waals surface area (Å²) in [7, 11) is -9.41. The van der Waals surface area contributed by atoms with Gasteiger partial charge in [-0.05, 0) is 24.1 Å². The van der Waals surface area contributed by atoms with Gasteiger partial charge in [0.05, 0.1) is 16.2 Å². The standard InChI is InChI=1S/C12H8F3NO5S2/c13-12(14,15)23(19,20)21-9-3-5-16-8-1-2-10-7(11(8)9)4-6-22(10,17)18/h1-3,5H,4,6H2. The third kappa shape index (κ3) is 2.53. The van der Waals surface area contributed by atoms with E-state index in [1.807, 2.05) is 0 Å². The maximum absolute atomic E-state index is 12.5. The fourth-order valence-corrected chi connectivity index (χ4v) is 4.41. The first kappa shape index (κ1) is 16.0. The summed E-state index contributed by atoms with van der Waals surface area (Å²) in [5.41, 5.74) is -5.23. The van der Waals surface area contributed by atoms with Crippen LogP contribution in [0.25, 0.3) is 10.9 Å². The smallest absolute Gasteiger partial charge is 0.375 e. The first-order chi connectivity index (χ1) is 10.5. The van der Waals surface area contributed by atoms with Gasteiger partial charge in [-0.1, -0.05) is 0 Å². The van der Waals surface area contributed by atoms with E-state index < -0.39 is 31.2 Å². The molecule has 3 rings (SSSR count). The number of hydrogen-bond acceptors (Lipinski definition) is 6. The van der Waals surface area contributed by atoms with Crippen LogP contribution in [-0.2, 0) is 26.4 Å². The van der Waals surface area contributed by atoms with Gasteiger partial charge in [0.1, 0.15) is 0 Å². The second kappa shape index (κ2) is 4.81. The van der Waals surface area contributed by atoms with Crippen molar-refractivity contribution in [3.8, 4) is 5.75 Å². The molecule has 2 heterocycles. The number of benzene rings is 1. The molecule has 11 heteroatoms. The lowest BCUT2D eigenvalue weighted by molar-refractivity contribution is -0.0499. The van der Waals surface area contributed by atoms with Gasteiger partial charge >= 0.3 is 15.6 Å². The maximum Gasteiger partial charge on any atom is 0.534 e. The minimum Gasteiger partial charge on any atom is -0.375 e. The molecule has 0 unspecified atom stereocenters. The Hall–Kier alpha value is -1.88. The third-order valence-corrected chi connectivity index (χ3v) is 6.13. The molecule has 1 aliphatic heterocycles. The minimum atomic E-state index is -5.87. The van der Waals surface area contributed by atoms with Gasteiger partial charge in [-0.2, -0.15) is 21.6 Å². The van der Waals surface area contributed by atoms with Crippen molar-refractivity contribution in [1.82, 2.24) is 4.98 Å². The molecule has 0 radical (unpaired) electrons. The molecule has 0 amide bonds. The number of sulfone groups is 1. The second-order valence-corrected chi connectivity index (χ2v) is 8.41. The van der Waals surface area contributed by atoms with Gasteiger partial charge in [-0.3, -0.25) is 4.98 Å². The van der Waals surface area contributed by atoms with Crippen LogP contribution in [0.5, 0.6) is 5.75 Å². The number of alkyl halides is 3. The Morgan fingerprint density at radius 1 is 1.17 bits per heavy atom. The number of nitrogens with zero attached hydrogens (tertiary/aromatic N) is 1. The Labute approximate surface area is 128 Å². The van der Waals surface area contributed by atoms with Crippen LogP contribution < -0.4 is 4.18 Å². The summed E-state index contributed by atoms with van der Waals surface area (Å²) in [6, 6.07) is 3.55. The Morgan fingerprint density at radius 2 is 1.87 bits per heavy atom. The Bertz CT molecular complexity index is 1010. The van der Waals surface area contributed by atoms with Crippen molar-refractivity contribution in [2.45, 2.75) is 16.8 Å². The summed E-state index contributed by atoms with van der Waals surface area (Å²) < 4.78 is 87.9. The lowest BCUT2D eigenvalue weighted by Gasteiger charge is -2.12. The molecule has 0 atom stereocenters. The second-order valence-electron chi connectivity index (χ2n) is 4.80. The van der Waals surface area contributed by atoms with Crippen molar-refractivity contribution in [3.63, 3.8) is 0 Å². The largest absolute Gasteiger partial charge is 0.534 e. The first-order valence-electron chi connectivity index (χ1n) is 6.17. The van der Waals surface area contributed by atoms with Crippen molar-refractivity contribution in [3.05, 3.63) is 30.0 Å². The molecule has 23 heavy (non-hydrogen) atoms. The van der Waals surface area contributed by atoms with Crippen molar-refractivity contribution >= 4 is 30.9 Å². The summed E-state index contributed by atoms with van der Waals surface area (Å²) in [5, 5.41) is -0.0427. The predicted molar refractivity (Wildman–Crippen MR) is 73.1 cm³/mol. The van der Waals surface area contributed by atoms with Gasteiger partial charge < -0.3 is 4.18 Å². The number of rotatable bonds is 2. The van der Waals surface area contributed by atoms with Gasteiger partial charge in [0.25, 0.3) is 0 Å². The summed E-state index contributed by atoms with van der Waals surface area (Å²) >= 11 is 0. The lowest BCUT2D eigenvalue weighted by Crippen LogP contribution is -2.28. The highest BCUT2D eigenvalue weighted by atomic mass is 32.2. The lowest BCUT2D eigenvalue weighted by atomic mass is 10.1. The SMILES string of the molecule is O=S1(=O)CCc2c1ccc1nccc(OS(=O)(=O)C(F)(F)F)c21. The minimum absolute atomic E-state index is 0.0427. The fourth-order valence-electron chi connectivity index (χ4n) is 2.39. The Morgan fingerprint density at radius 3 is 2.52 bits per heavy atom. The highest BCUT2D eigenvalue weighted by Crippen LogP contribution is 2.38. The number of pyridine rings is 1. The van der Waals surface area contributed by atoms with Crippen molar-refractivity contribution in [2.75, 3.05) is 5.75 Å². The molecule has 0 saturated heterocycles. The molecular formula is C12H8F3NO5S2. The van der Waals surface area contributed by atoms with Crippen LogP contribution in [0.2, 0.25) is 0 Å². The van der Waals surface area contributed by atoms with E-state index >= 15 is 0 Å². The third-order valence-electron chi connectivity index (χ3n) is 3.37. The Balaban J connectivity index is 2.26. The van der Waals surface area contributed by atoms with Crippen LogP contribution in [0.3, 0.4) is 0 Å². The zero-order valence-corrected chi connectivity index (χ0v) is 12.8. The highest BCUT2D eigenvalue weighted by molar-refractivity contribution is 7.91. The number of hydrogen-bond donors (Lipinski definition) is 0. The monoisotopic (exact) mass is 367 g/mol.